The number of ether oxygens (including phenoxy) is 1. The Morgan fingerprint density at radius 1 is 1.55 bits per heavy atom. The summed E-state index contributed by atoms with van der Waals surface area (Å²) >= 11 is 0. The van der Waals surface area contributed by atoms with Crippen molar-refractivity contribution in [2.45, 2.75) is 19.8 Å². The summed E-state index contributed by atoms with van der Waals surface area (Å²) in [5.74, 6) is 1.00. The van der Waals surface area contributed by atoms with E-state index >= 15 is 0 Å². The highest BCUT2D eigenvalue weighted by molar-refractivity contribution is 5.69. The summed E-state index contributed by atoms with van der Waals surface area (Å²) in [5, 5.41) is 10.4. The first kappa shape index (κ1) is 8.53. The highest BCUT2D eigenvalue weighted by atomic mass is 16.5. The predicted octanol–water partition coefficient (Wildman–Crippen LogP) is 1.000. The Balaban J connectivity index is 2.09. The zero-order valence-electron chi connectivity index (χ0n) is 7.02. The van der Waals surface area contributed by atoms with E-state index in [2.05, 4.69) is 5.32 Å². The molecule has 0 bridgehead atoms. The smallest absolute Gasteiger partial charge is 0.177 e. The molecule has 2 N–H and O–H groups in total. The fourth-order valence-corrected chi connectivity index (χ4v) is 1.29. The van der Waals surface area contributed by atoms with E-state index in [1.807, 2.05) is 0 Å². The normalized spacial score (nSPS) is 19.7. The fraction of sp³-hybridized carbons (Fsp3) is 0.875. The molecule has 0 unspecified atom stereocenters. The van der Waals surface area contributed by atoms with Gasteiger partial charge in [-0.15, -0.1) is 0 Å². The number of hydrogen-bond acceptors (Lipinski definition) is 3. The zero-order chi connectivity index (χ0) is 8.10. The van der Waals surface area contributed by atoms with Crippen LogP contribution >= 0.6 is 0 Å². The molecule has 0 saturated carbocycles. The van der Waals surface area contributed by atoms with Crippen LogP contribution in [-0.2, 0) is 4.74 Å². The van der Waals surface area contributed by atoms with E-state index in [1.165, 1.54) is 12.8 Å². The minimum Gasteiger partial charge on any atom is -0.481 e. The SMILES string of the molecule is CC(=N)OCC1CCNCC1. The van der Waals surface area contributed by atoms with Crippen LogP contribution in [0.1, 0.15) is 19.8 Å². The molecule has 1 fully saturated rings. The second kappa shape index (κ2) is 4.34. The maximum Gasteiger partial charge on any atom is 0.177 e. The van der Waals surface area contributed by atoms with E-state index in [4.69, 9.17) is 10.1 Å². The lowest BCUT2D eigenvalue weighted by atomic mass is 9.99. The Hall–Kier alpha value is -0.570. The molecule has 0 aliphatic carbocycles. The number of rotatable bonds is 2. The van der Waals surface area contributed by atoms with Gasteiger partial charge in [0.25, 0.3) is 0 Å². The Morgan fingerprint density at radius 2 is 2.18 bits per heavy atom. The third-order valence-electron chi connectivity index (χ3n) is 1.99. The summed E-state index contributed by atoms with van der Waals surface area (Å²) < 4.78 is 5.14. The number of piperidine rings is 1. The molecule has 1 saturated heterocycles. The van der Waals surface area contributed by atoms with Gasteiger partial charge in [-0.3, -0.25) is 5.41 Å². The summed E-state index contributed by atoms with van der Waals surface area (Å²) in [7, 11) is 0. The lowest BCUT2D eigenvalue weighted by molar-refractivity contribution is 0.202. The summed E-state index contributed by atoms with van der Waals surface area (Å²) in [6, 6.07) is 0. The second-order valence-corrected chi connectivity index (χ2v) is 3.06. The molecule has 3 nitrogen and oxygen atoms in total. The van der Waals surface area contributed by atoms with Crippen LogP contribution in [0.15, 0.2) is 0 Å². The summed E-state index contributed by atoms with van der Waals surface area (Å²) in [6.07, 6.45) is 2.38. The Bertz CT molecular complexity index is 130. The number of nitrogens with one attached hydrogen (secondary N) is 2. The highest BCUT2D eigenvalue weighted by Crippen LogP contribution is 2.11. The zero-order valence-corrected chi connectivity index (χ0v) is 7.02. The molecule has 0 amide bonds. The second-order valence-electron chi connectivity index (χ2n) is 3.06. The molecule has 0 spiro atoms. The van der Waals surface area contributed by atoms with Gasteiger partial charge in [-0.1, -0.05) is 0 Å². The molecular formula is C8H16N2O. The third kappa shape index (κ3) is 3.37. The van der Waals surface area contributed by atoms with Crippen molar-refractivity contribution in [2.24, 2.45) is 5.92 Å². The maximum absolute atomic E-state index is 7.08. The van der Waals surface area contributed by atoms with E-state index in [0.717, 1.165) is 19.7 Å². The molecule has 0 aromatic carbocycles. The van der Waals surface area contributed by atoms with E-state index in [0.29, 0.717) is 11.8 Å². The van der Waals surface area contributed by atoms with E-state index in [1.54, 1.807) is 6.92 Å². The predicted molar refractivity (Wildman–Crippen MR) is 44.9 cm³/mol. The van der Waals surface area contributed by atoms with Gasteiger partial charge in [-0.2, -0.15) is 0 Å². The maximum atomic E-state index is 7.08. The molecule has 1 aliphatic rings. The van der Waals surface area contributed by atoms with Crippen molar-refractivity contribution in [1.29, 1.82) is 5.41 Å². The summed E-state index contributed by atoms with van der Waals surface area (Å²) in [6.45, 7) is 4.62. The van der Waals surface area contributed by atoms with Crippen LogP contribution in [0.3, 0.4) is 0 Å². The Labute approximate surface area is 67.6 Å². The quantitative estimate of drug-likeness (QED) is 0.463. The van der Waals surface area contributed by atoms with Gasteiger partial charge in [0.05, 0.1) is 6.61 Å². The van der Waals surface area contributed by atoms with Crippen LogP contribution < -0.4 is 5.32 Å². The van der Waals surface area contributed by atoms with Gasteiger partial charge in [0, 0.05) is 6.92 Å². The van der Waals surface area contributed by atoms with Crippen molar-refractivity contribution in [3.8, 4) is 0 Å². The van der Waals surface area contributed by atoms with Crippen LogP contribution in [0.2, 0.25) is 0 Å². The van der Waals surface area contributed by atoms with Crippen LogP contribution in [0.4, 0.5) is 0 Å². The summed E-state index contributed by atoms with van der Waals surface area (Å²) in [5.41, 5.74) is 0. The summed E-state index contributed by atoms with van der Waals surface area (Å²) in [4.78, 5) is 0. The minimum atomic E-state index is 0.337. The first-order valence-corrected chi connectivity index (χ1v) is 4.17. The van der Waals surface area contributed by atoms with E-state index < -0.39 is 0 Å². The van der Waals surface area contributed by atoms with Crippen molar-refractivity contribution >= 4 is 5.90 Å². The molecule has 0 atom stereocenters. The molecule has 1 rings (SSSR count). The molecule has 64 valence electrons. The van der Waals surface area contributed by atoms with Crippen molar-refractivity contribution in [1.82, 2.24) is 5.32 Å². The molecule has 0 aromatic heterocycles. The van der Waals surface area contributed by atoms with Crippen molar-refractivity contribution in [3.63, 3.8) is 0 Å². The first-order valence-electron chi connectivity index (χ1n) is 4.17. The van der Waals surface area contributed by atoms with Crippen LogP contribution in [0.5, 0.6) is 0 Å². The molecular weight excluding hydrogens is 140 g/mol. The standard InChI is InChI=1S/C8H16N2O/c1-7(9)11-6-8-2-4-10-5-3-8/h8-10H,2-6H2,1H3. The largest absolute Gasteiger partial charge is 0.481 e. The molecule has 1 heterocycles. The van der Waals surface area contributed by atoms with Gasteiger partial charge in [0.1, 0.15) is 0 Å². The van der Waals surface area contributed by atoms with Gasteiger partial charge < -0.3 is 10.1 Å². The van der Waals surface area contributed by atoms with Crippen molar-refractivity contribution in [2.75, 3.05) is 19.7 Å². The van der Waals surface area contributed by atoms with Gasteiger partial charge in [-0.25, -0.2) is 0 Å². The van der Waals surface area contributed by atoms with Gasteiger partial charge in [-0.05, 0) is 31.8 Å². The third-order valence-corrected chi connectivity index (χ3v) is 1.99. The number of hydrogen-bond donors (Lipinski definition) is 2. The Kier molecular flexibility index (Phi) is 3.36. The topological polar surface area (TPSA) is 45.1 Å². The van der Waals surface area contributed by atoms with Gasteiger partial charge >= 0.3 is 0 Å². The molecule has 11 heavy (non-hydrogen) atoms. The lowest BCUT2D eigenvalue weighted by Gasteiger charge is -2.22. The molecule has 0 radical (unpaired) electrons. The Morgan fingerprint density at radius 3 is 2.73 bits per heavy atom. The van der Waals surface area contributed by atoms with Crippen molar-refractivity contribution < 1.29 is 4.74 Å². The lowest BCUT2D eigenvalue weighted by Crippen LogP contribution is -2.30. The van der Waals surface area contributed by atoms with E-state index in [-0.39, 0.29) is 0 Å². The fourth-order valence-electron chi connectivity index (χ4n) is 1.29. The van der Waals surface area contributed by atoms with Gasteiger partial charge in [0.2, 0.25) is 0 Å². The average Bonchev–Trinajstić information content (AvgIpc) is 2.03. The van der Waals surface area contributed by atoms with Crippen molar-refractivity contribution in [3.05, 3.63) is 0 Å². The monoisotopic (exact) mass is 156 g/mol. The first-order chi connectivity index (χ1) is 5.29. The molecule has 3 heteroatoms. The highest BCUT2D eigenvalue weighted by Gasteiger charge is 2.12. The van der Waals surface area contributed by atoms with Crippen LogP contribution in [0, 0.1) is 11.3 Å². The molecule has 0 aromatic rings. The minimum absolute atomic E-state index is 0.337. The molecule has 1 aliphatic heterocycles. The van der Waals surface area contributed by atoms with E-state index in [9.17, 15) is 0 Å². The average molecular weight is 156 g/mol. The van der Waals surface area contributed by atoms with Crippen LogP contribution in [0.25, 0.3) is 0 Å². The van der Waals surface area contributed by atoms with Crippen LogP contribution in [-0.4, -0.2) is 25.6 Å². The van der Waals surface area contributed by atoms with Gasteiger partial charge in [0.15, 0.2) is 5.90 Å².